The minimum absolute atomic E-state index is 0.0110. The number of nitrogens with two attached hydrogens (primary N) is 1. The number of fused-ring (bicyclic) bond motifs is 1. The number of rotatable bonds is 3. The van der Waals surface area contributed by atoms with Gasteiger partial charge in [-0.2, -0.15) is 0 Å². The number of likely N-dealkylation sites (N-methyl/N-ethyl adjacent to an activating group) is 1. The zero-order valence-electron chi connectivity index (χ0n) is 10.3. The van der Waals surface area contributed by atoms with Crippen LogP contribution in [0.1, 0.15) is 5.56 Å². The standard InChI is InChI=1S/C12H15N3O3/c1-14(11(16)6-13)7-8-3-4-10-9(5-8)15(2)12(17)18-10/h3-5H,6-7,13H2,1-2H3. The molecule has 0 radical (unpaired) electrons. The molecule has 0 aliphatic heterocycles. The number of aryl methyl sites for hydroxylation is 1. The van der Waals surface area contributed by atoms with Crippen molar-refractivity contribution in [2.45, 2.75) is 6.54 Å². The number of hydrogen-bond acceptors (Lipinski definition) is 4. The van der Waals surface area contributed by atoms with Gasteiger partial charge < -0.3 is 15.1 Å². The van der Waals surface area contributed by atoms with Crippen LogP contribution in [0, 0.1) is 0 Å². The quantitative estimate of drug-likeness (QED) is 0.833. The third-order valence-electron chi connectivity index (χ3n) is 2.88. The van der Waals surface area contributed by atoms with Gasteiger partial charge in [0, 0.05) is 20.6 Å². The fourth-order valence-electron chi connectivity index (χ4n) is 1.79. The number of nitrogens with zero attached hydrogens (tertiary/aromatic N) is 2. The number of carbonyl (C=O) groups is 1. The molecule has 0 unspecified atom stereocenters. The van der Waals surface area contributed by atoms with E-state index in [1.54, 1.807) is 25.1 Å². The molecule has 0 spiro atoms. The van der Waals surface area contributed by atoms with E-state index in [1.165, 1.54) is 4.57 Å². The van der Waals surface area contributed by atoms with Crippen molar-refractivity contribution in [3.05, 3.63) is 34.3 Å². The summed E-state index contributed by atoms with van der Waals surface area (Å²) < 4.78 is 6.47. The lowest BCUT2D eigenvalue weighted by molar-refractivity contribution is -0.128. The van der Waals surface area contributed by atoms with Gasteiger partial charge >= 0.3 is 5.76 Å². The molecule has 1 aromatic heterocycles. The molecule has 0 aliphatic carbocycles. The first-order chi connectivity index (χ1) is 8.52. The molecule has 2 N–H and O–H groups in total. The highest BCUT2D eigenvalue weighted by Crippen LogP contribution is 2.15. The van der Waals surface area contributed by atoms with E-state index in [0.717, 1.165) is 5.56 Å². The van der Waals surface area contributed by atoms with Crippen molar-refractivity contribution < 1.29 is 9.21 Å². The normalized spacial score (nSPS) is 10.8. The Morgan fingerprint density at radius 2 is 2.22 bits per heavy atom. The lowest BCUT2D eigenvalue weighted by atomic mass is 10.2. The van der Waals surface area contributed by atoms with Crippen LogP contribution >= 0.6 is 0 Å². The second kappa shape index (κ2) is 4.66. The molecule has 6 heteroatoms. The minimum atomic E-state index is -0.395. The molecule has 2 rings (SSSR count). The molecule has 6 nitrogen and oxygen atoms in total. The topological polar surface area (TPSA) is 81.5 Å². The highest BCUT2D eigenvalue weighted by molar-refractivity contribution is 5.78. The van der Waals surface area contributed by atoms with Gasteiger partial charge in [0.05, 0.1) is 12.1 Å². The molecule has 0 saturated heterocycles. The Balaban J connectivity index is 2.33. The summed E-state index contributed by atoms with van der Waals surface area (Å²) in [4.78, 5) is 24.3. The maximum Gasteiger partial charge on any atom is 0.419 e. The average molecular weight is 249 g/mol. The van der Waals surface area contributed by atoms with Gasteiger partial charge in [-0.15, -0.1) is 0 Å². The van der Waals surface area contributed by atoms with Crippen LogP contribution in [0.2, 0.25) is 0 Å². The molecular formula is C12H15N3O3. The van der Waals surface area contributed by atoms with Crippen LogP contribution in [-0.4, -0.2) is 29.0 Å². The van der Waals surface area contributed by atoms with Crippen molar-refractivity contribution in [1.29, 1.82) is 0 Å². The predicted molar refractivity (Wildman–Crippen MR) is 67.0 cm³/mol. The average Bonchev–Trinajstić information content (AvgIpc) is 2.64. The molecule has 0 fully saturated rings. The monoisotopic (exact) mass is 249 g/mol. The first-order valence-corrected chi connectivity index (χ1v) is 5.55. The summed E-state index contributed by atoms with van der Waals surface area (Å²) in [6, 6.07) is 5.39. The zero-order chi connectivity index (χ0) is 13.3. The fourth-order valence-corrected chi connectivity index (χ4v) is 1.79. The number of oxazole rings is 1. The summed E-state index contributed by atoms with van der Waals surface area (Å²) in [6.45, 7) is 0.439. The van der Waals surface area contributed by atoms with Gasteiger partial charge in [0.1, 0.15) is 0 Å². The SMILES string of the molecule is CN(Cc1ccc2oc(=O)n(C)c2c1)C(=O)CN. The van der Waals surface area contributed by atoms with Crippen molar-refractivity contribution in [3.8, 4) is 0 Å². The Kier molecular flexibility index (Phi) is 3.20. The molecule has 2 aromatic rings. The number of carbonyl (C=O) groups excluding carboxylic acids is 1. The zero-order valence-corrected chi connectivity index (χ0v) is 10.3. The van der Waals surface area contributed by atoms with Crippen LogP contribution in [0.4, 0.5) is 0 Å². The summed E-state index contributed by atoms with van der Waals surface area (Å²) in [5.41, 5.74) is 7.47. The Bertz CT molecular complexity index is 642. The van der Waals surface area contributed by atoms with Crippen LogP contribution in [-0.2, 0) is 18.4 Å². The first kappa shape index (κ1) is 12.4. The van der Waals surface area contributed by atoms with Crippen LogP contribution in [0.15, 0.2) is 27.4 Å². The van der Waals surface area contributed by atoms with Crippen molar-refractivity contribution in [1.82, 2.24) is 9.47 Å². The maximum atomic E-state index is 11.4. The highest BCUT2D eigenvalue weighted by Gasteiger charge is 2.10. The van der Waals surface area contributed by atoms with Gasteiger partial charge in [0.15, 0.2) is 5.58 Å². The van der Waals surface area contributed by atoms with E-state index in [2.05, 4.69) is 0 Å². The fraction of sp³-hybridized carbons (Fsp3) is 0.333. The molecule has 0 bridgehead atoms. The van der Waals surface area contributed by atoms with Crippen molar-refractivity contribution in [2.75, 3.05) is 13.6 Å². The number of benzene rings is 1. The lowest BCUT2D eigenvalue weighted by Crippen LogP contribution is -2.32. The Labute approximate surface area is 104 Å². The number of amides is 1. The summed E-state index contributed by atoms with van der Waals surface area (Å²) >= 11 is 0. The molecule has 1 aromatic carbocycles. The second-order valence-electron chi connectivity index (χ2n) is 4.18. The molecular weight excluding hydrogens is 234 g/mol. The van der Waals surface area contributed by atoms with Gasteiger partial charge in [0.25, 0.3) is 0 Å². The number of hydrogen-bond donors (Lipinski definition) is 1. The molecule has 1 amide bonds. The van der Waals surface area contributed by atoms with E-state index >= 15 is 0 Å². The van der Waals surface area contributed by atoms with Crippen LogP contribution in [0.25, 0.3) is 11.1 Å². The van der Waals surface area contributed by atoms with E-state index < -0.39 is 5.76 Å². The third-order valence-corrected chi connectivity index (χ3v) is 2.88. The second-order valence-corrected chi connectivity index (χ2v) is 4.18. The number of aromatic nitrogens is 1. The molecule has 18 heavy (non-hydrogen) atoms. The predicted octanol–water partition coefficient (Wildman–Crippen LogP) is 0.0486. The van der Waals surface area contributed by atoms with Gasteiger partial charge in [-0.05, 0) is 17.7 Å². The Morgan fingerprint density at radius 3 is 2.89 bits per heavy atom. The minimum Gasteiger partial charge on any atom is -0.408 e. The van der Waals surface area contributed by atoms with Crippen LogP contribution < -0.4 is 11.5 Å². The molecule has 0 atom stereocenters. The Morgan fingerprint density at radius 1 is 1.50 bits per heavy atom. The van der Waals surface area contributed by atoms with Gasteiger partial charge in [0.2, 0.25) is 5.91 Å². The molecule has 1 heterocycles. The van der Waals surface area contributed by atoms with Crippen LogP contribution in [0.3, 0.4) is 0 Å². The van der Waals surface area contributed by atoms with Gasteiger partial charge in [-0.1, -0.05) is 6.07 Å². The summed E-state index contributed by atoms with van der Waals surface area (Å²) in [6.07, 6.45) is 0. The summed E-state index contributed by atoms with van der Waals surface area (Å²) in [7, 11) is 3.33. The van der Waals surface area contributed by atoms with Crippen molar-refractivity contribution in [2.24, 2.45) is 12.8 Å². The Hall–Kier alpha value is -2.08. The lowest BCUT2D eigenvalue weighted by Gasteiger charge is -2.16. The summed E-state index contributed by atoms with van der Waals surface area (Å²) in [5.74, 6) is -0.523. The van der Waals surface area contributed by atoms with Crippen molar-refractivity contribution >= 4 is 17.0 Å². The van der Waals surface area contributed by atoms with E-state index in [4.69, 9.17) is 10.2 Å². The maximum absolute atomic E-state index is 11.4. The summed E-state index contributed by atoms with van der Waals surface area (Å²) in [5, 5.41) is 0. The molecule has 96 valence electrons. The van der Waals surface area contributed by atoms with E-state index in [9.17, 15) is 9.59 Å². The van der Waals surface area contributed by atoms with E-state index in [-0.39, 0.29) is 12.5 Å². The van der Waals surface area contributed by atoms with E-state index in [0.29, 0.717) is 17.6 Å². The smallest absolute Gasteiger partial charge is 0.408 e. The van der Waals surface area contributed by atoms with Crippen molar-refractivity contribution in [3.63, 3.8) is 0 Å². The molecule has 0 aliphatic rings. The van der Waals surface area contributed by atoms with Gasteiger partial charge in [-0.3, -0.25) is 9.36 Å². The van der Waals surface area contributed by atoms with Gasteiger partial charge in [-0.25, -0.2) is 4.79 Å². The first-order valence-electron chi connectivity index (χ1n) is 5.55. The third kappa shape index (κ3) is 2.14. The highest BCUT2D eigenvalue weighted by atomic mass is 16.4. The molecule has 0 saturated carbocycles. The van der Waals surface area contributed by atoms with E-state index in [1.807, 2.05) is 12.1 Å². The largest absolute Gasteiger partial charge is 0.419 e. The van der Waals surface area contributed by atoms with Crippen LogP contribution in [0.5, 0.6) is 0 Å².